The Bertz CT molecular complexity index is 1000. The molecule has 2 heterocycles. The number of aromatic nitrogens is 2. The van der Waals surface area contributed by atoms with Crippen LogP contribution in [0.5, 0.6) is 11.5 Å². The van der Waals surface area contributed by atoms with Crippen molar-refractivity contribution >= 4 is 23.4 Å². The normalized spacial score (nSPS) is 13.3. The van der Waals surface area contributed by atoms with E-state index >= 15 is 0 Å². The molecule has 0 unspecified atom stereocenters. The lowest BCUT2D eigenvalue weighted by Gasteiger charge is -2.10. The van der Waals surface area contributed by atoms with Crippen LogP contribution in [0.25, 0.3) is 11.5 Å². The van der Waals surface area contributed by atoms with E-state index in [1.807, 2.05) is 30.3 Å². The summed E-state index contributed by atoms with van der Waals surface area (Å²) >= 11 is 1.19. The first-order valence-electron chi connectivity index (χ1n) is 9.38. The fraction of sp³-hybridized carbons (Fsp3) is 0.286. The minimum absolute atomic E-state index is 0.130. The Balaban J connectivity index is 1.32. The number of benzene rings is 2. The number of nitrogens with zero attached hydrogens (tertiary/aromatic N) is 2. The highest BCUT2D eigenvalue weighted by molar-refractivity contribution is 7.99. The van der Waals surface area contributed by atoms with Gasteiger partial charge in [-0.25, -0.2) is 0 Å². The zero-order chi connectivity index (χ0) is 20.2. The summed E-state index contributed by atoms with van der Waals surface area (Å²) in [4.78, 5) is 12.2. The molecule has 0 aliphatic carbocycles. The van der Waals surface area contributed by atoms with Crippen molar-refractivity contribution in [1.82, 2.24) is 10.2 Å². The van der Waals surface area contributed by atoms with Crippen LogP contribution in [0.4, 0.5) is 5.69 Å². The highest BCUT2D eigenvalue weighted by Gasteiger charge is 2.17. The highest BCUT2D eigenvalue weighted by atomic mass is 32.2. The first-order valence-corrected chi connectivity index (χ1v) is 10.4. The maximum atomic E-state index is 12.2. The standard InChI is InChI=1S/C21H21N3O4S/c1-3-13(2)14-4-7-16(8-5-14)22-19(25)11-29-21-24-23-20(28-21)15-6-9-17-18(10-15)27-12-26-17/h4-10,13H,3,11-12H2,1-2H3,(H,22,25)/t13-/m1/s1. The van der Waals surface area contributed by atoms with E-state index in [9.17, 15) is 4.79 Å². The lowest BCUT2D eigenvalue weighted by atomic mass is 9.99. The maximum Gasteiger partial charge on any atom is 0.277 e. The molecule has 2 aromatic carbocycles. The lowest BCUT2D eigenvalue weighted by molar-refractivity contribution is -0.113. The van der Waals surface area contributed by atoms with Gasteiger partial charge >= 0.3 is 0 Å². The van der Waals surface area contributed by atoms with Gasteiger partial charge in [0.05, 0.1) is 5.75 Å². The van der Waals surface area contributed by atoms with Gasteiger partial charge in [0.2, 0.25) is 18.6 Å². The van der Waals surface area contributed by atoms with Crippen LogP contribution in [0.15, 0.2) is 52.1 Å². The van der Waals surface area contributed by atoms with Gasteiger partial charge in [-0.1, -0.05) is 37.7 Å². The van der Waals surface area contributed by atoms with Gasteiger partial charge in [-0.05, 0) is 48.2 Å². The SMILES string of the molecule is CC[C@@H](C)c1ccc(NC(=O)CSc2nnc(-c3ccc4c(c3)OCO4)o2)cc1. The molecule has 1 amide bonds. The van der Waals surface area contributed by atoms with Crippen molar-refractivity contribution in [2.75, 3.05) is 17.9 Å². The molecule has 1 aliphatic heterocycles. The Labute approximate surface area is 172 Å². The van der Waals surface area contributed by atoms with E-state index in [-0.39, 0.29) is 18.5 Å². The summed E-state index contributed by atoms with van der Waals surface area (Å²) in [6.45, 7) is 4.55. The van der Waals surface area contributed by atoms with Crippen LogP contribution in [0.1, 0.15) is 31.7 Å². The molecule has 0 bridgehead atoms. The largest absolute Gasteiger partial charge is 0.454 e. The molecule has 0 spiro atoms. The molecule has 150 valence electrons. The number of hydrogen-bond donors (Lipinski definition) is 1. The predicted molar refractivity (Wildman–Crippen MR) is 110 cm³/mol. The molecule has 29 heavy (non-hydrogen) atoms. The highest BCUT2D eigenvalue weighted by Crippen LogP contribution is 2.36. The predicted octanol–water partition coefficient (Wildman–Crippen LogP) is 4.71. The molecule has 1 N–H and O–H groups in total. The van der Waals surface area contributed by atoms with Crippen LogP contribution >= 0.6 is 11.8 Å². The molecule has 1 atom stereocenters. The number of rotatable bonds is 7. The Morgan fingerprint density at radius 2 is 1.93 bits per heavy atom. The van der Waals surface area contributed by atoms with Crippen LogP contribution in [0.3, 0.4) is 0 Å². The molecule has 0 saturated heterocycles. The van der Waals surface area contributed by atoms with E-state index in [0.29, 0.717) is 28.5 Å². The van der Waals surface area contributed by atoms with Gasteiger partial charge in [0.1, 0.15) is 0 Å². The topological polar surface area (TPSA) is 86.5 Å². The van der Waals surface area contributed by atoms with E-state index in [4.69, 9.17) is 13.9 Å². The smallest absolute Gasteiger partial charge is 0.277 e. The minimum atomic E-state index is -0.130. The number of amides is 1. The molecule has 4 rings (SSSR count). The van der Waals surface area contributed by atoms with Gasteiger partial charge in [-0.15, -0.1) is 10.2 Å². The molecular weight excluding hydrogens is 390 g/mol. The number of ether oxygens (including phenoxy) is 2. The van der Waals surface area contributed by atoms with E-state index < -0.39 is 0 Å². The first-order chi connectivity index (χ1) is 14.1. The Morgan fingerprint density at radius 3 is 2.72 bits per heavy atom. The van der Waals surface area contributed by atoms with E-state index in [1.165, 1.54) is 17.3 Å². The average molecular weight is 411 g/mol. The average Bonchev–Trinajstić information content (AvgIpc) is 3.41. The second kappa shape index (κ2) is 8.57. The molecule has 1 aliphatic rings. The summed E-state index contributed by atoms with van der Waals surface area (Å²) < 4.78 is 16.3. The third-order valence-electron chi connectivity index (χ3n) is 4.73. The summed E-state index contributed by atoms with van der Waals surface area (Å²) in [5.74, 6) is 2.26. The van der Waals surface area contributed by atoms with Crippen LogP contribution < -0.4 is 14.8 Å². The monoisotopic (exact) mass is 411 g/mol. The molecule has 1 aromatic heterocycles. The third kappa shape index (κ3) is 4.54. The Kier molecular flexibility index (Phi) is 5.71. The quantitative estimate of drug-likeness (QED) is 0.563. The Morgan fingerprint density at radius 1 is 1.14 bits per heavy atom. The maximum absolute atomic E-state index is 12.2. The fourth-order valence-electron chi connectivity index (χ4n) is 2.87. The molecule has 0 fully saturated rings. The summed E-state index contributed by atoms with van der Waals surface area (Å²) in [5, 5.41) is 11.3. The zero-order valence-corrected chi connectivity index (χ0v) is 17.0. The number of carbonyl (C=O) groups excluding carboxylic acids is 1. The Hall–Kier alpha value is -3.00. The van der Waals surface area contributed by atoms with Crippen molar-refractivity contribution in [3.8, 4) is 23.0 Å². The van der Waals surface area contributed by atoms with Crippen molar-refractivity contribution in [3.63, 3.8) is 0 Å². The van der Waals surface area contributed by atoms with Gasteiger partial charge < -0.3 is 19.2 Å². The van der Waals surface area contributed by atoms with E-state index in [2.05, 4.69) is 29.4 Å². The number of thioether (sulfide) groups is 1. The van der Waals surface area contributed by atoms with Crippen LogP contribution in [-0.2, 0) is 4.79 Å². The minimum Gasteiger partial charge on any atom is -0.454 e. The van der Waals surface area contributed by atoms with Gasteiger partial charge in [0.15, 0.2) is 11.5 Å². The third-order valence-corrected chi connectivity index (χ3v) is 5.55. The van der Waals surface area contributed by atoms with Crippen molar-refractivity contribution in [3.05, 3.63) is 48.0 Å². The first kappa shape index (κ1) is 19.3. The summed E-state index contributed by atoms with van der Waals surface area (Å²) in [6, 6.07) is 13.4. The molecule has 8 heteroatoms. The van der Waals surface area contributed by atoms with Crippen LogP contribution in [0.2, 0.25) is 0 Å². The van der Waals surface area contributed by atoms with Crippen LogP contribution in [-0.4, -0.2) is 28.7 Å². The van der Waals surface area contributed by atoms with Crippen molar-refractivity contribution in [2.45, 2.75) is 31.4 Å². The summed E-state index contributed by atoms with van der Waals surface area (Å²) in [5.41, 5.74) is 2.77. The second-order valence-electron chi connectivity index (χ2n) is 6.71. The number of hydrogen-bond acceptors (Lipinski definition) is 7. The van der Waals surface area contributed by atoms with Crippen molar-refractivity contribution in [2.24, 2.45) is 0 Å². The fourth-order valence-corrected chi connectivity index (χ4v) is 3.43. The van der Waals surface area contributed by atoms with Gasteiger partial charge in [-0.3, -0.25) is 4.79 Å². The summed E-state index contributed by atoms with van der Waals surface area (Å²) in [7, 11) is 0. The number of anilines is 1. The van der Waals surface area contributed by atoms with Gasteiger partial charge in [-0.2, -0.15) is 0 Å². The summed E-state index contributed by atoms with van der Waals surface area (Å²) in [6.07, 6.45) is 1.08. The van der Waals surface area contributed by atoms with Gasteiger partial charge in [0, 0.05) is 11.3 Å². The van der Waals surface area contributed by atoms with Gasteiger partial charge in [0.25, 0.3) is 5.22 Å². The second-order valence-corrected chi connectivity index (χ2v) is 7.64. The molecule has 7 nitrogen and oxygen atoms in total. The molecule has 0 radical (unpaired) electrons. The van der Waals surface area contributed by atoms with Crippen molar-refractivity contribution < 1.29 is 18.7 Å². The molecule has 3 aromatic rings. The van der Waals surface area contributed by atoms with Crippen molar-refractivity contribution in [1.29, 1.82) is 0 Å². The lowest BCUT2D eigenvalue weighted by Crippen LogP contribution is -2.14. The number of nitrogens with one attached hydrogen (secondary N) is 1. The zero-order valence-electron chi connectivity index (χ0n) is 16.2. The number of fused-ring (bicyclic) bond motifs is 1. The molecular formula is C21H21N3O4S. The van der Waals surface area contributed by atoms with E-state index in [0.717, 1.165) is 17.7 Å². The van der Waals surface area contributed by atoms with Crippen LogP contribution in [0, 0.1) is 0 Å². The number of carbonyl (C=O) groups is 1. The molecule has 0 saturated carbocycles. The van der Waals surface area contributed by atoms with E-state index in [1.54, 1.807) is 12.1 Å².